The largest absolute Gasteiger partial charge is 0.469 e. The number of aryl methyl sites for hydroxylation is 1. The van der Waals surface area contributed by atoms with Crippen molar-refractivity contribution in [3.05, 3.63) is 24.2 Å². The van der Waals surface area contributed by atoms with Gasteiger partial charge in [0.2, 0.25) is 5.95 Å². The molecule has 2 aromatic rings. The van der Waals surface area contributed by atoms with E-state index in [1.807, 2.05) is 19.1 Å². The smallest absolute Gasteiger partial charge is 0.222 e. The lowest BCUT2D eigenvalue weighted by atomic mass is 10.2. The SMILES string of the molecule is CNc1cc(-c2ccoc2C)nc(N)n1. The minimum atomic E-state index is 0.248. The highest BCUT2D eigenvalue weighted by Gasteiger charge is 2.08. The first-order chi connectivity index (χ1) is 7.20. The summed E-state index contributed by atoms with van der Waals surface area (Å²) in [4.78, 5) is 8.17. The molecule has 0 aromatic carbocycles. The molecule has 0 saturated heterocycles. The van der Waals surface area contributed by atoms with Gasteiger partial charge in [-0.15, -0.1) is 0 Å². The molecule has 0 atom stereocenters. The number of anilines is 2. The highest BCUT2D eigenvalue weighted by molar-refractivity contribution is 5.65. The maximum absolute atomic E-state index is 5.60. The van der Waals surface area contributed by atoms with Gasteiger partial charge < -0.3 is 15.5 Å². The average Bonchev–Trinajstić information content (AvgIpc) is 2.63. The second-order valence-electron chi connectivity index (χ2n) is 3.14. The molecule has 0 saturated carbocycles. The second kappa shape index (κ2) is 3.61. The predicted molar refractivity (Wildman–Crippen MR) is 58.4 cm³/mol. The van der Waals surface area contributed by atoms with Gasteiger partial charge in [0.25, 0.3) is 0 Å². The maximum Gasteiger partial charge on any atom is 0.222 e. The highest BCUT2D eigenvalue weighted by atomic mass is 16.3. The van der Waals surface area contributed by atoms with Crippen LogP contribution in [0.3, 0.4) is 0 Å². The predicted octanol–water partition coefficient (Wildman–Crippen LogP) is 1.67. The Labute approximate surface area is 87.3 Å². The zero-order chi connectivity index (χ0) is 10.8. The minimum Gasteiger partial charge on any atom is -0.469 e. The number of hydrogen-bond acceptors (Lipinski definition) is 5. The molecule has 2 rings (SSSR count). The van der Waals surface area contributed by atoms with Crippen LogP contribution in [0.1, 0.15) is 5.76 Å². The second-order valence-corrected chi connectivity index (χ2v) is 3.14. The summed E-state index contributed by atoms with van der Waals surface area (Å²) in [5, 5.41) is 2.93. The lowest BCUT2D eigenvalue weighted by Gasteiger charge is -2.03. The summed E-state index contributed by atoms with van der Waals surface area (Å²) in [5.41, 5.74) is 7.29. The van der Waals surface area contributed by atoms with Crippen LogP contribution in [0.2, 0.25) is 0 Å². The van der Waals surface area contributed by atoms with E-state index in [4.69, 9.17) is 10.2 Å². The topological polar surface area (TPSA) is 77.0 Å². The Morgan fingerprint density at radius 2 is 2.20 bits per heavy atom. The van der Waals surface area contributed by atoms with Crippen LogP contribution in [-0.4, -0.2) is 17.0 Å². The molecule has 3 N–H and O–H groups in total. The van der Waals surface area contributed by atoms with Crippen LogP contribution < -0.4 is 11.1 Å². The average molecular weight is 204 g/mol. The molecule has 78 valence electrons. The van der Waals surface area contributed by atoms with E-state index in [9.17, 15) is 0 Å². The summed E-state index contributed by atoms with van der Waals surface area (Å²) in [6.45, 7) is 1.88. The molecule has 0 aliphatic heterocycles. The fourth-order valence-electron chi connectivity index (χ4n) is 1.38. The first-order valence-corrected chi connectivity index (χ1v) is 4.57. The van der Waals surface area contributed by atoms with Crippen LogP contribution in [0.5, 0.6) is 0 Å². The van der Waals surface area contributed by atoms with Gasteiger partial charge in [0.05, 0.1) is 12.0 Å². The van der Waals surface area contributed by atoms with Crippen molar-refractivity contribution >= 4 is 11.8 Å². The molecule has 0 aliphatic rings. The molecule has 0 amide bonds. The molecule has 15 heavy (non-hydrogen) atoms. The third-order valence-electron chi connectivity index (χ3n) is 2.13. The van der Waals surface area contributed by atoms with Crippen molar-refractivity contribution in [1.29, 1.82) is 0 Å². The summed E-state index contributed by atoms with van der Waals surface area (Å²) < 4.78 is 5.21. The Morgan fingerprint density at radius 1 is 1.40 bits per heavy atom. The van der Waals surface area contributed by atoms with Crippen LogP contribution in [0.4, 0.5) is 11.8 Å². The summed E-state index contributed by atoms with van der Waals surface area (Å²) in [7, 11) is 1.79. The zero-order valence-electron chi connectivity index (χ0n) is 8.61. The van der Waals surface area contributed by atoms with Crippen molar-refractivity contribution in [3.8, 4) is 11.3 Å². The Morgan fingerprint density at radius 3 is 2.80 bits per heavy atom. The van der Waals surface area contributed by atoms with E-state index >= 15 is 0 Å². The molecular formula is C10H12N4O. The molecule has 5 heteroatoms. The molecule has 0 bridgehead atoms. The third kappa shape index (κ3) is 1.76. The van der Waals surface area contributed by atoms with Gasteiger partial charge in [-0.2, -0.15) is 4.98 Å². The number of furan rings is 1. The van der Waals surface area contributed by atoms with Gasteiger partial charge in [0, 0.05) is 18.7 Å². The molecule has 0 aliphatic carbocycles. The number of nitrogens with zero attached hydrogens (tertiary/aromatic N) is 2. The number of hydrogen-bond donors (Lipinski definition) is 2. The van der Waals surface area contributed by atoms with Gasteiger partial charge in [-0.3, -0.25) is 0 Å². The first-order valence-electron chi connectivity index (χ1n) is 4.57. The normalized spacial score (nSPS) is 10.3. The minimum absolute atomic E-state index is 0.248. The van der Waals surface area contributed by atoms with E-state index in [-0.39, 0.29) is 5.95 Å². The Bertz CT molecular complexity index is 478. The van der Waals surface area contributed by atoms with Crippen molar-refractivity contribution < 1.29 is 4.42 Å². The van der Waals surface area contributed by atoms with Crippen molar-refractivity contribution in [1.82, 2.24) is 9.97 Å². The highest BCUT2D eigenvalue weighted by Crippen LogP contribution is 2.24. The van der Waals surface area contributed by atoms with Crippen LogP contribution in [0.15, 0.2) is 22.8 Å². The van der Waals surface area contributed by atoms with Crippen LogP contribution in [-0.2, 0) is 0 Å². The molecule has 5 nitrogen and oxygen atoms in total. The fourth-order valence-corrected chi connectivity index (χ4v) is 1.38. The van der Waals surface area contributed by atoms with E-state index in [0.29, 0.717) is 5.82 Å². The van der Waals surface area contributed by atoms with Gasteiger partial charge in [-0.1, -0.05) is 0 Å². The van der Waals surface area contributed by atoms with Crippen LogP contribution in [0, 0.1) is 6.92 Å². The lowest BCUT2D eigenvalue weighted by Crippen LogP contribution is -2.01. The summed E-state index contributed by atoms with van der Waals surface area (Å²) in [6.07, 6.45) is 1.63. The van der Waals surface area contributed by atoms with E-state index in [0.717, 1.165) is 17.0 Å². The number of nitrogen functional groups attached to an aromatic ring is 1. The summed E-state index contributed by atoms with van der Waals surface area (Å²) in [6, 6.07) is 3.69. The van der Waals surface area contributed by atoms with Gasteiger partial charge in [-0.25, -0.2) is 4.98 Å². The number of rotatable bonds is 2. The first kappa shape index (κ1) is 9.51. The molecule has 0 fully saturated rings. The number of nitrogens with two attached hydrogens (primary N) is 1. The van der Waals surface area contributed by atoms with E-state index in [2.05, 4.69) is 15.3 Å². The van der Waals surface area contributed by atoms with Crippen molar-refractivity contribution in [2.75, 3.05) is 18.1 Å². The van der Waals surface area contributed by atoms with Crippen molar-refractivity contribution in [2.45, 2.75) is 6.92 Å². The molecule has 0 spiro atoms. The quantitative estimate of drug-likeness (QED) is 0.778. The molecule has 0 unspecified atom stereocenters. The van der Waals surface area contributed by atoms with Gasteiger partial charge >= 0.3 is 0 Å². The van der Waals surface area contributed by atoms with E-state index < -0.39 is 0 Å². The van der Waals surface area contributed by atoms with Gasteiger partial charge in [-0.05, 0) is 13.0 Å². The van der Waals surface area contributed by atoms with Crippen LogP contribution in [0.25, 0.3) is 11.3 Å². The lowest BCUT2D eigenvalue weighted by molar-refractivity contribution is 0.535. The standard InChI is InChI=1S/C10H12N4O/c1-6-7(3-4-15-6)8-5-9(12-2)14-10(11)13-8/h3-5H,1-2H3,(H3,11,12,13,14). The molecule has 2 aromatic heterocycles. The van der Waals surface area contributed by atoms with Gasteiger partial charge in [0.1, 0.15) is 11.6 Å². The Hall–Kier alpha value is -2.04. The van der Waals surface area contributed by atoms with Crippen molar-refractivity contribution in [2.24, 2.45) is 0 Å². The number of nitrogens with one attached hydrogen (secondary N) is 1. The van der Waals surface area contributed by atoms with E-state index in [1.165, 1.54) is 0 Å². The summed E-state index contributed by atoms with van der Waals surface area (Å²) >= 11 is 0. The van der Waals surface area contributed by atoms with E-state index in [1.54, 1.807) is 13.3 Å². The summed E-state index contributed by atoms with van der Waals surface area (Å²) in [5.74, 6) is 1.76. The zero-order valence-corrected chi connectivity index (χ0v) is 8.61. The maximum atomic E-state index is 5.60. The van der Waals surface area contributed by atoms with Gasteiger partial charge in [0.15, 0.2) is 0 Å². The molecule has 0 radical (unpaired) electrons. The molecule has 2 heterocycles. The monoisotopic (exact) mass is 204 g/mol. The fraction of sp³-hybridized carbons (Fsp3) is 0.200. The Kier molecular flexibility index (Phi) is 2.29. The van der Waals surface area contributed by atoms with Crippen molar-refractivity contribution in [3.63, 3.8) is 0 Å². The Balaban J connectivity index is 2.53. The van der Waals surface area contributed by atoms with Crippen LogP contribution >= 0.6 is 0 Å². The molecular weight excluding hydrogens is 192 g/mol. The number of aromatic nitrogens is 2. The third-order valence-corrected chi connectivity index (χ3v) is 2.13.